The summed E-state index contributed by atoms with van der Waals surface area (Å²) in [6.07, 6.45) is 0.752. The molecule has 2 aliphatic rings. The van der Waals surface area contributed by atoms with E-state index in [0.717, 1.165) is 31.0 Å². The lowest BCUT2D eigenvalue weighted by molar-refractivity contribution is 0.0988. The van der Waals surface area contributed by atoms with Gasteiger partial charge in [0.25, 0.3) is 0 Å². The van der Waals surface area contributed by atoms with Crippen LogP contribution >= 0.6 is 0 Å². The Balaban J connectivity index is 1.96. The molecule has 1 N–H and O–H groups in total. The van der Waals surface area contributed by atoms with E-state index in [-0.39, 0.29) is 12.0 Å². The van der Waals surface area contributed by atoms with Crippen LogP contribution in [0.3, 0.4) is 0 Å². The van der Waals surface area contributed by atoms with Gasteiger partial charge in [-0.05, 0) is 6.42 Å². The van der Waals surface area contributed by atoms with E-state index in [0.29, 0.717) is 24.7 Å². The molecule has 0 amide bonds. The maximum absolute atomic E-state index is 9.74. The van der Waals surface area contributed by atoms with Gasteiger partial charge >= 0.3 is 0 Å². The number of aromatic nitrogens is 2. The Kier molecular flexibility index (Phi) is 3.19. The van der Waals surface area contributed by atoms with E-state index >= 15 is 0 Å². The first-order valence-electron chi connectivity index (χ1n) is 7.04. The zero-order valence-electron chi connectivity index (χ0n) is 12.0. The highest BCUT2D eigenvalue weighted by atomic mass is 16.5. The van der Waals surface area contributed by atoms with Gasteiger partial charge in [0, 0.05) is 31.5 Å². The number of hydrogen-bond acceptors (Lipinski definition) is 5. The second kappa shape index (κ2) is 4.76. The van der Waals surface area contributed by atoms with Crippen molar-refractivity contribution in [3.8, 4) is 6.07 Å². The van der Waals surface area contributed by atoms with Gasteiger partial charge in [0.05, 0.1) is 25.5 Å². The van der Waals surface area contributed by atoms with E-state index in [1.807, 2.05) is 14.0 Å². The fourth-order valence-corrected chi connectivity index (χ4v) is 3.51. The van der Waals surface area contributed by atoms with Crippen LogP contribution in [-0.4, -0.2) is 47.8 Å². The van der Waals surface area contributed by atoms with Crippen LogP contribution < -0.4 is 4.90 Å². The summed E-state index contributed by atoms with van der Waals surface area (Å²) in [5.41, 5.74) is 1.34. The normalized spacial score (nSPS) is 28.7. The predicted octanol–water partition coefficient (Wildman–Crippen LogP) is 0.299. The summed E-state index contributed by atoms with van der Waals surface area (Å²) >= 11 is 0. The number of hydrogen-bond donors (Lipinski definition) is 1. The van der Waals surface area contributed by atoms with Crippen molar-refractivity contribution in [3.05, 3.63) is 11.3 Å². The van der Waals surface area contributed by atoms with Crippen molar-refractivity contribution in [2.24, 2.45) is 18.4 Å². The number of rotatable bonds is 3. The molecular weight excluding hydrogens is 256 g/mol. The molecule has 1 aromatic heterocycles. The van der Waals surface area contributed by atoms with Gasteiger partial charge in [0.2, 0.25) is 0 Å². The van der Waals surface area contributed by atoms with E-state index in [1.165, 1.54) is 0 Å². The van der Waals surface area contributed by atoms with E-state index in [4.69, 9.17) is 4.74 Å². The first-order valence-corrected chi connectivity index (χ1v) is 7.04. The Labute approximate surface area is 118 Å². The largest absolute Gasteiger partial charge is 0.396 e. The molecule has 2 saturated heterocycles. The monoisotopic (exact) mass is 276 g/mol. The number of aryl methyl sites for hydroxylation is 2. The van der Waals surface area contributed by atoms with Crippen LogP contribution in [0.25, 0.3) is 0 Å². The molecule has 6 nitrogen and oxygen atoms in total. The second-order valence-electron chi connectivity index (χ2n) is 5.85. The molecule has 2 atom stereocenters. The van der Waals surface area contributed by atoms with Gasteiger partial charge in [0.1, 0.15) is 17.5 Å². The molecule has 2 aliphatic heterocycles. The molecule has 0 spiro atoms. The molecule has 0 bridgehead atoms. The third kappa shape index (κ3) is 1.74. The lowest BCUT2D eigenvalue weighted by atomic mass is 9.82. The van der Waals surface area contributed by atoms with Gasteiger partial charge in [0.15, 0.2) is 0 Å². The molecule has 3 heterocycles. The van der Waals surface area contributed by atoms with Crippen molar-refractivity contribution >= 4 is 5.82 Å². The highest BCUT2D eigenvalue weighted by Gasteiger charge is 2.51. The third-order valence-corrected chi connectivity index (χ3v) is 4.67. The molecule has 1 aromatic rings. The van der Waals surface area contributed by atoms with Crippen molar-refractivity contribution in [3.63, 3.8) is 0 Å². The minimum atomic E-state index is -0.177. The lowest BCUT2D eigenvalue weighted by Gasteiger charge is -2.25. The average molecular weight is 276 g/mol. The highest BCUT2D eigenvalue weighted by Crippen LogP contribution is 2.43. The first-order chi connectivity index (χ1) is 9.65. The van der Waals surface area contributed by atoms with E-state index in [1.54, 1.807) is 4.68 Å². The zero-order chi connectivity index (χ0) is 14.3. The molecular formula is C14H20N4O2. The number of nitrogens with zero attached hydrogens (tertiary/aromatic N) is 4. The summed E-state index contributed by atoms with van der Waals surface area (Å²) in [7, 11) is 1.88. The van der Waals surface area contributed by atoms with Gasteiger partial charge in [-0.25, -0.2) is 0 Å². The number of fused-ring (bicyclic) bond motifs is 1. The van der Waals surface area contributed by atoms with Gasteiger partial charge in [-0.15, -0.1) is 0 Å². The molecule has 0 aromatic carbocycles. The summed E-state index contributed by atoms with van der Waals surface area (Å²) in [6, 6.07) is 2.29. The quantitative estimate of drug-likeness (QED) is 0.859. The number of ether oxygens (including phenoxy) is 1. The smallest absolute Gasteiger partial charge is 0.145 e. The van der Waals surface area contributed by atoms with Crippen LogP contribution in [0, 0.1) is 22.7 Å². The Morgan fingerprint density at radius 2 is 2.40 bits per heavy atom. The fraction of sp³-hybridized carbons (Fsp3) is 0.714. The molecule has 20 heavy (non-hydrogen) atoms. The van der Waals surface area contributed by atoms with Crippen molar-refractivity contribution in [1.82, 2.24) is 9.78 Å². The summed E-state index contributed by atoms with van der Waals surface area (Å²) < 4.78 is 7.33. The highest BCUT2D eigenvalue weighted by molar-refractivity contribution is 5.58. The van der Waals surface area contributed by atoms with E-state index in [2.05, 4.69) is 16.1 Å². The molecule has 3 rings (SSSR count). The minimum absolute atomic E-state index is 0.133. The Morgan fingerprint density at radius 3 is 3.00 bits per heavy atom. The summed E-state index contributed by atoms with van der Waals surface area (Å²) in [5, 5.41) is 23.6. The SMILES string of the molecule is CCc1nn(C)c(N2C[C@@H]3COC[C@]3(CO)C2)c1C#N. The molecule has 0 radical (unpaired) electrons. The maximum Gasteiger partial charge on any atom is 0.145 e. The van der Waals surface area contributed by atoms with Gasteiger partial charge in [-0.2, -0.15) is 10.4 Å². The van der Waals surface area contributed by atoms with E-state index in [9.17, 15) is 10.4 Å². The number of aliphatic hydroxyl groups excluding tert-OH is 1. The van der Waals surface area contributed by atoms with Crippen molar-refractivity contribution < 1.29 is 9.84 Å². The minimum Gasteiger partial charge on any atom is -0.396 e. The summed E-state index contributed by atoms with van der Waals surface area (Å²) in [6.45, 7) is 4.98. The Bertz CT molecular complexity index is 562. The Morgan fingerprint density at radius 1 is 1.60 bits per heavy atom. The predicted molar refractivity (Wildman–Crippen MR) is 73.3 cm³/mol. The molecule has 2 fully saturated rings. The second-order valence-corrected chi connectivity index (χ2v) is 5.85. The number of aliphatic hydroxyl groups is 1. The number of nitriles is 1. The standard InChI is InChI=1S/C14H20N4O2/c1-3-12-11(4-15)13(17(2)16-12)18-5-10-6-20-9-14(10,7-18)8-19/h10,19H,3,5-9H2,1-2H3/t10-,14-/m1/s1. The molecule has 108 valence electrons. The van der Waals surface area contributed by atoms with E-state index < -0.39 is 0 Å². The maximum atomic E-state index is 9.74. The van der Waals surface area contributed by atoms with Crippen LogP contribution in [-0.2, 0) is 18.2 Å². The number of anilines is 1. The third-order valence-electron chi connectivity index (χ3n) is 4.67. The van der Waals surface area contributed by atoms with Gasteiger partial charge in [-0.1, -0.05) is 6.92 Å². The van der Waals surface area contributed by atoms with Crippen molar-refractivity contribution in [2.45, 2.75) is 13.3 Å². The van der Waals surface area contributed by atoms with Crippen LogP contribution in [0.4, 0.5) is 5.82 Å². The zero-order valence-corrected chi connectivity index (χ0v) is 12.0. The first kappa shape index (κ1) is 13.4. The molecule has 6 heteroatoms. The topological polar surface area (TPSA) is 74.3 Å². The van der Waals surface area contributed by atoms with Gasteiger partial charge in [-0.3, -0.25) is 4.68 Å². The summed E-state index contributed by atoms with van der Waals surface area (Å²) in [4.78, 5) is 2.19. The van der Waals surface area contributed by atoms with Crippen LogP contribution in [0.2, 0.25) is 0 Å². The van der Waals surface area contributed by atoms with Crippen LogP contribution in [0.15, 0.2) is 0 Å². The fourth-order valence-electron chi connectivity index (χ4n) is 3.51. The lowest BCUT2D eigenvalue weighted by Crippen LogP contribution is -2.35. The van der Waals surface area contributed by atoms with Crippen LogP contribution in [0.5, 0.6) is 0 Å². The van der Waals surface area contributed by atoms with Gasteiger partial charge < -0.3 is 14.7 Å². The summed E-state index contributed by atoms with van der Waals surface area (Å²) in [5.74, 6) is 1.21. The van der Waals surface area contributed by atoms with Crippen LogP contribution in [0.1, 0.15) is 18.2 Å². The molecule has 0 unspecified atom stereocenters. The average Bonchev–Trinajstić information content (AvgIpc) is 3.07. The Hall–Kier alpha value is -1.58. The van der Waals surface area contributed by atoms with Crippen molar-refractivity contribution in [2.75, 3.05) is 37.8 Å². The van der Waals surface area contributed by atoms with Crippen molar-refractivity contribution in [1.29, 1.82) is 5.26 Å². The molecule has 0 aliphatic carbocycles. The molecule has 0 saturated carbocycles.